The third-order valence-electron chi connectivity index (χ3n) is 5.02. The normalized spacial score (nSPS) is 12.8. The molecule has 0 spiro atoms. The van der Waals surface area contributed by atoms with Gasteiger partial charge in [-0.2, -0.15) is 5.26 Å². The molecule has 3 aromatic rings. The molecular formula is C23H19N3O3S. The fourth-order valence-corrected chi connectivity index (χ4v) is 5.01. The van der Waals surface area contributed by atoms with Gasteiger partial charge in [-0.25, -0.2) is 8.42 Å². The van der Waals surface area contributed by atoms with Crippen LogP contribution in [0.4, 0.5) is 11.4 Å². The van der Waals surface area contributed by atoms with Gasteiger partial charge < -0.3 is 5.32 Å². The first-order chi connectivity index (χ1) is 14.5. The molecule has 1 aliphatic rings. The van der Waals surface area contributed by atoms with Gasteiger partial charge in [0.05, 0.1) is 23.1 Å². The summed E-state index contributed by atoms with van der Waals surface area (Å²) in [6.45, 7) is 0.345. The van der Waals surface area contributed by atoms with Crippen LogP contribution < -0.4 is 9.62 Å². The van der Waals surface area contributed by atoms with Crippen molar-refractivity contribution in [2.45, 2.75) is 17.7 Å². The van der Waals surface area contributed by atoms with Crippen molar-refractivity contribution in [3.05, 3.63) is 89.5 Å². The van der Waals surface area contributed by atoms with E-state index in [1.54, 1.807) is 72.8 Å². The second-order valence-corrected chi connectivity index (χ2v) is 8.83. The molecule has 30 heavy (non-hydrogen) atoms. The van der Waals surface area contributed by atoms with Crippen LogP contribution in [0.3, 0.4) is 0 Å². The van der Waals surface area contributed by atoms with Crippen molar-refractivity contribution in [2.75, 3.05) is 16.2 Å². The lowest BCUT2D eigenvalue weighted by atomic mass is 10.1. The first-order valence-corrected chi connectivity index (χ1v) is 10.9. The van der Waals surface area contributed by atoms with E-state index in [4.69, 9.17) is 5.26 Å². The molecule has 150 valence electrons. The highest BCUT2D eigenvalue weighted by atomic mass is 32.2. The van der Waals surface area contributed by atoms with E-state index in [-0.39, 0.29) is 10.8 Å². The number of carbonyl (C=O) groups is 1. The average molecular weight is 417 g/mol. The Hall–Kier alpha value is -3.63. The maximum absolute atomic E-state index is 13.0. The summed E-state index contributed by atoms with van der Waals surface area (Å²) in [7, 11) is -3.63. The van der Waals surface area contributed by atoms with Gasteiger partial charge in [-0.15, -0.1) is 0 Å². The summed E-state index contributed by atoms with van der Waals surface area (Å²) >= 11 is 0. The maximum atomic E-state index is 13.0. The number of amides is 1. The largest absolute Gasteiger partial charge is 0.322 e. The molecule has 0 aliphatic carbocycles. The zero-order chi connectivity index (χ0) is 21.1. The number of nitrogens with one attached hydrogen (secondary N) is 1. The van der Waals surface area contributed by atoms with Gasteiger partial charge in [0, 0.05) is 17.8 Å². The van der Waals surface area contributed by atoms with Crippen molar-refractivity contribution in [1.29, 1.82) is 5.26 Å². The van der Waals surface area contributed by atoms with E-state index < -0.39 is 10.0 Å². The molecular weight excluding hydrogens is 398 g/mol. The van der Waals surface area contributed by atoms with Crippen molar-refractivity contribution in [3.8, 4) is 6.07 Å². The Kier molecular flexibility index (Phi) is 5.25. The molecule has 4 rings (SSSR count). The molecule has 0 saturated carbocycles. The lowest BCUT2D eigenvalue weighted by Crippen LogP contribution is -2.29. The van der Waals surface area contributed by atoms with E-state index >= 15 is 0 Å². The van der Waals surface area contributed by atoms with Gasteiger partial charge in [0.25, 0.3) is 15.9 Å². The molecule has 0 saturated heterocycles. The fourth-order valence-electron chi connectivity index (χ4n) is 3.48. The van der Waals surface area contributed by atoms with Crippen LogP contribution in [0.15, 0.2) is 77.7 Å². The summed E-state index contributed by atoms with van der Waals surface area (Å²) in [5.41, 5.74) is 3.42. The Bertz CT molecular complexity index is 1230. The quantitative estimate of drug-likeness (QED) is 0.684. The monoisotopic (exact) mass is 417 g/mol. The second kappa shape index (κ2) is 8.01. The molecule has 0 atom stereocenters. The minimum absolute atomic E-state index is 0.250. The van der Waals surface area contributed by atoms with E-state index in [1.165, 1.54) is 4.31 Å². The number of benzene rings is 3. The maximum Gasteiger partial charge on any atom is 0.264 e. The van der Waals surface area contributed by atoms with Crippen LogP contribution in [0.25, 0.3) is 0 Å². The van der Waals surface area contributed by atoms with Crippen LogP contribution in [-0.4, -0.2) is 20.9 Å². The third kappa shape index (κ3) is 3.78. The molecule has 0 bridgehead atoms. The molecule has 0 fully saturated rings. The first-order valence-electron chi connectivity index (χ1n) is 9.47. The molecule has 3 aromatic carbocycles. The zero-order valence-corrected chi connectivity index (χ0v) is 16.9. The van der Waals surface area contributed by atoms with Gasteiger partial charge >= 0.3 is 0 Å². The van der Waals surface area contributed by atoms with E-state index in [1.807, 2.05) is 0 Å². The number of sulfonamides is 1. The van der Waals surface area contributed by atoms with Crippen molar-refractivity contribution in [3.63, 3.8) is 0 Å². The van der Waals surface area contributed by atoms with Crippen molar-refractivity contribution >= 4 is 27.3 Å². The standard InChI is InChI=1S/C23H19N3O3S/c24-14-12-17-6-9-20(10-7-17)25-23(27)19-8-11-22-18(16-19)13-15-26(22)30(28,29)21-4-2-1-3-5-21/h1-11,16H,12-13,15H2,(H,25,27). The van der Waals surface area contributed by atoms with Crippen molar-refractivity contribution in [2.24, 2.45) is 0 Å². The summed E-state index contributed by atoms with van der Waals surface area (Å²) in [4.78, 5) is 12.9. The number of anilines is 2. The lowest BCUT2D eigenvalue weighted by Gasteiger charge is -2.19. The molecule has 1 N–H and O–H groups in total. The summed E-state index contributed by atoms with van der Waals surface area (Å²) in [5, 5.41) is 11.6. The number of hydrogen-bond donors (Lipinski definition) is 1. The molecule has 6 nitrogen and oxygen atoms in total. The smallest absolute Gasteiger partial charge is 0.264 e. The summed E-state index contributed by atoms with van der Waals surface area (Å²) in [6, 6.07) is 22.6. The number of nitriles is 1. The number of carbonyl (C=O) groups excluding carboxylic acids is 1. The van der Waals surface area contributed by atoms with Gasteiger partial charge in [0.1, 0.15) is 0 Å². The van der Waals surface area contributed by atoms with Crippen LogP contribution in [0.1, 0.15) is 21.5 Å². The summed E-state index contributed by atoms with van der Waals surface area (Å²) in [6.07, 6.45) is 0.868. The van der Waals surface area contributed by atoms with Crippen LogP contribution in [0, 0.1) is 11.3 Å². The molecule has 0 radical (unpaired) electrons. The van der Waals surface area contributed by atoms with E-state index in [2.05, 4.69) is 11.4 Å². The van der Waals surface area contributed by atoms with Gasteiger partial charge in [0.2, 0.25) is 0 Å². The fraction of sp³-hybridized carbons (Fsp3) is 0.130. The SMILES string of the molecule is N#CCc1ccc(NC(=O)c2ccc3c(c2)CCN3S(=O)(=O)c2ccccc2)cc1. The zero-order valence-electron chi connectivity index (χ0n) is 16.1. The average Bonchev–Trinajstić information content (AvgIpc) is 3.20. The highest BCUT2D eigenvalue weighted by Crippen LogP contribution is 2.33. The van der Waals surface area contributed by atoms with Gasteiger partial charge in [-0.1, -0.05) is 30.3 Å². The van der Waals surface area contributed by atoms with Crippen LogP contribution in [0.5, 0.6) is 0 Å². The summed E-state index contributed by atoms with van der Waals surface area (Å²) < 4.78 is 27.3. The number of nitrogens with zero attached hydrogens (tertiary/aromatic N) is 2. The molecule has 0 aromatic heterocycles. The van der Waals surface area contributed by atoms with Crippen LogP contribution >= 0.6 is 0 Å². The topological polar surface area (TPSA) is 90.3 Å². The van der Waals surface area contributed by atoms with Gasteiger partial charge in [-0.3, -0.25) is 9.10 Å². The Morgan fingerprint density at radius 1 is 1.03 bits per heavy atom. The Morgan fingerprint density at radius 3 is 2.47 bits per heavy atom. The van der Waals surface area contributed by atoms with Gasteiger partial charge in [0.15, 0.2) is 0 Å². The van der Waals surface area contributed by atoms with Gasteiger partial charge in [-0.05, 0) is 60.0 Å². The minimum Gasteiger partial charge on any atom is -0.322 e. The number of hydrogen-bond acceptors (Lipinski definition) is 4. The molecule has 0 unspecified atom stereocenters. The van der Waals surface area contributed by atoms with E-state index in [9.17, 15) is 13.2 Å². The second-order valence-electron chi connectivity index (χ2n) is 6.97. The van der Waals surface area contributed by atoms with Crippen LogP contribution in [-0.2, 0) is 22.9 Å². The van der Waals surface area contributed by atoms with Crippen molar-refractivity contribution < 1.29 is 13.2 Å². The Morgan fingerprint density at radius 2 is 1.77 bits per heavy atom. The summed E-state index contributed by atoms with van der Waals surface area (Å²) in [5.74, 6) is -0.268. The lowest BCUT2D eigenvalue weighted by molar-refractivity contribution is 0.102. The highest BCUT2D eigenvalue weighted by Gasteiger charge is 2.31. The van der Waals surface area contributed by atoms with E-state index in [0.717, 1.165) is 11.1 Å². The predicted molar refractivity (Wildman–Crippen MR) is 115 cm³/mol. The predicted octanol–water partition coefficient (Wildman–Crippen LogP) is 3.76. The highest BCUT2D eigenvalue weighted by molar-refractivity contribution is 7.92. The molecule has 7 heteroatoms. The number of rotatable bonds is 5. The Labute approximate surface area is 175 Å². The molecule has 1 amide bonds. The third-order valence-corrected chi connectivity index (χ3v) is 6.85. The Balaban J connectivity index is 1.54. The van der Waals surface area contributed by atoms with Crippen molar-refractivity contribution in [1.82, 2.24) is 0 Å². The minimum atomic E-state index is -3.63. The first kappa shape index (κ1) is 19.7. The number of fused-ring (bicyclic) bond motifs is 1. The van der Waals surface area contributed by atoms with E-state index in [0.29, 0.717) is 36.3 Å². The molecule has 1 aliphatic heterocycles. The van der Waals surface area contributed by atoms with Crippen LogP contribution in [0.2, 0.25) is 0 Å². The molecule has 1 heterocycles.